The summed E-state index contributed by atoms with van der Waals surface area (Å²) in [6.07, 6.45) is 0.446. The molecule has 0 saturated carbocycles. The number of amides is 1. The first-order valence-corrected chi connectivity index (χ1v) is 8.64. The van der Waals surface area contributed by atoms with Crippen LogP contribution >= 0.6 is 11.3 Å². The average Bonchev–Trinajstić information content (AvgIpc) is 3.02. The molecule has 2 N–H and O–H groups in total. The molecule has 0 bridgehead atoms. The molecule has 2 aromatic carbocycles. The number of benzene rings is 2. The number of nitrogens with zero attached hydrogens (tertiary/aromatic N) is 2. The van der Waals surface area contributed by atoms with Gasteiger partial charge in [0.15, 0.2) is 5.13 Å². The van der Waals surface area contributed by atoms with Crippen molar-refractivity contribution in [2.45, 2.75) is 12.8 Å². The molecule has 2 aromatic heterocycles. The number of aromatic nitrogens is 3. The Morgan fingerprint density at radius 2 is 1.80 bits per heavy atom. The molecule has 6 nitrogen and oxygen atoms in total. The van der Waals surface area contributed by atoms with Crippen LogP contribution in [-0.2, 0) is 11.2 Å². The summed E-state index contributed by atoms with van der Waals surface area (Å²) in [7, 11) is 0. The third-order valence-electron chi connectivity index (χ3n) is 3.80. The summed E-state index contributed by atoms with van der Waals surface area (Å²) in [6.45, 7) is 0. The highest BCUT2D eigenvalue weighted by Gasteiger charge is 2.10. The first-order chi connectivity index (χ1) is 12.2. The quantitative estimate of drug-likeness (QED) is 0.592. The van der Waals surface area contributed by atoms with E-state index in [0.717, 1.165) is 10.2 Å². The fourth-order valence-electron chi connectivity index (χ4n) is 2.58. The lowest BCUT2D eigenvalue weighted by molar-refractivity contribution is -0.116. The minimum absolute atomic E-state index is 0.171. The SMILES string of the molecule is O=C(CCc1nc2ccccc2[nH]c1=O)Nc1nc2ccccc2s1. The molecular formula is C18H14N4O2S. The van der Waals surface area contributed by atoms with E-state index in [2.05, 4.69) is 20.3 Å². The molecule has 0 aliphatic heterocycles. The number of hydrogen-bond acceptors (Lipinski definition) is 5. The molecule has 0 unspecified atom stereocenters. The van der Waals surface area contributed by atoms with Gasteiger partial charge in [-0.15, -0.1) is 0 Å². The number of hydrogen-bond donors (Lipinski definition) is 2. The van der Waals surface area contributed by atoms with Crippen LogP contribution in [0.15, 0.2) is 53.3 Å². The molecule has 25 heavy (non-hydrogen) atoms. The molecule has 124 valence electrons. The Bertz CT molecular complexity index is 1100. The van der Waals surface area contributed by atoms with E-state index in [-0.39, 0.29) is 24.3 Å². The molecule has 0 radical (unpaired) electrons. The number of aromatic amines is 1. The lowest BCUT2D eigenvalue weighted by Gasteiger charge is -2.03. The molecule has 7 heteroatoms. The molecule has 0 aliphatic carbocycles. The van der Waals surface area contributed by atoms with Crippen LogP contribution in [0.3, 0.4) is 0 Å². The van der Waals surface area contributed by atoms with Crippen molar-refractivity contribution in [3.63, 3.8) is 0 Å². The van der Waals surface area contributed by atoms with E-state index < -0.39 is 0 Å². The maximum absolute atomic E-state index is 12.2. The van der Waals surface area contributed by atoms with Gasteiger partial charge in [-0.05, 0) is 24.3 Å². The van der Waals surface area contributed by atoms with Gasteiger partial charge in [-0.1, -0.05) is 35.6 Å². The molecule has 1 amide bonds. The number of para-hydroxylation sites is 3. The van der Waals surface area contributed by atoms with E-state index in [4.69, 9.17) is 0 Å². The number of anilines is 1. The largest absolute Gasteiger partial charge is 0.319 e. The monoisotopic (exact) mass is 350 g/mol. The van der Waals surface area contributed by atoms with Crippen LogP contribution in [0.25, 0.3) is 21.3 Å². The fourth-order valence-corrected chi connectivity index (χ4v) is 3.46. The molecule has 0 saturated heterocycles. The van der Waals surface area contributed by atoms with E-state index in [1.807, 2.05) is 42.5 Å². The van der Waals surface area contributed by atoms with Gasteiger partial charge in [0.25, 0.3) is 5.56 Å². The van der Waals surface area contributed by atoms with E-state index in [0.29, 0.717) is 21.9 Å². The predicted octanol–water partition coefficient (Wildman–Crippen LogP) is 3.10. The van der Waals surface area contributed by atoms with Crippen LogP contribution in [0.1, 0.15) is 12.1 Å². The van der Waals surface area contributed by atoms with E-state index in [9.17, 15) is 9.59 Å². The molecule has 0 aliphatic rings. The Morgan fingerprint density at radius 1 is 1.04 bits per heavy atom. The van der Waals surface area contributed by atoms with Crippen molar-refractivity contribution in [1.82, 2.24) is 15.0 Å². The number of rotatable bonds is 4. The topological polar surface area (TPSA) is 87.7 Å². The standard InChI is InChI=1S/C18H14N4O2S/c23-16(22-18-21-13-7-3-4-8-15(13)25-18)10-9-14-17(24)20-12-6-2-1-5-11(12)19-14/h1-8H,9-10H2,(H,20,24)(H,21,22,23). The highest BCUT2D eigenvalue weighted by Crippen LogP contribution is 2.25. The van der Waals surface area contributed by atoms with Crippen LogP contribution < -0.4 is 10.9 Å². The van der Waals surface area contributed by atoms with E-state index >= 15 is 0 Å². The highest BCUT2D eigenvalue weighted by atomic mass is 32.1. The Morgan fingerprint density at radius 3 is 2.64 bits per heavy atom. The molecule has 4 rings (SSSR count). The second-order valence-corrected chi connectivity index (χ2v) is 6.60. The fraction of sp³-hybridized carbons (Fsp3) is 0.111. The summed E-state index contributed by atoms with van der Waals surface area (Å²) >= 11 is 1.43. The van der Waals surface area contributed by atoms with Gasteiger partial charge < -0.3 is 10.3 Å². The van der Waals surface area contributed by atoms with Gasteiger partial charge in [-0.2, -0.15) is 0 Å². The van der Waals surface area contributed by atoms with Crippen molar-refractivity contribution in [2.24, 2.45) is 0 Å². The zero-order valence-corrected chi connectivity index (χ0v) is 14.0. The number of carbonyl (C=O) groups excluding carboxylic acids is 1. The van der Waals surface area contributed by atoms with E-state index in [1.54, 1.807) is 6.07 Å². The first kappa shape index (κ1) is 15.5. The number of H-pyrrole nitrogens is 1. The number of aryl methyl sites for hydroxylation is 1. The summed E-state index contributed by atoms with van der Waals surface area (Å²) in [5.74, 6) is -0.187. The molecule has 0 atom stereocenters. The van der Waals surface area contributed by atoms with Crippen LogP contribution in [-0.4, -0.2) is 20.9 Å². The van der Waals surface area contributed by atoms with Gasteiger partial charge in [0.2, 0.25) is 5.91 Å². The van der Waals surface area contributed by atoms with Crippen molar-refractivity contribution in [3.05, 3.63) is 64.6 Å². The highest BCUT2D eigenvalue weighted by molar-refractivity contribution is 7.22. The summed E-state index contributed by atoms with van der Waals surface area (Å²) in [4.78, 5) is 35.7. The minimum Gasteiger partial charge on any atom is -0.319 e. The van der Waals surface area contributed by atoms with Crippen molar-refractivity contribution >= 4 is 43.6 Å². The smallest absolute Gasteiger partial charge is 0.270 e. The summed E-state index contributed by atoms with van der Waals surface area (Å²) in [5.41, 5.74) is 2.36. The van der Waals surface area contributed by atoms with Crippen molar-refractivity contribution in [2.75, 3.05) is 5.32 Å². The predicted molar refractivity (Wildman–Crippen MR) is 98.9 cm³/mol. The molecule has 0 fully saturated rings. The lowest BCUT2D eigenvalue weighted by atomic mass is 10.2. The Kier molecular flexibility index (Phi) is 3.99. The average molecular weight is 350 g/mol. The zero-order chi connectivity index (χ0) is 17.2. The van der Waals surface area contributed by atoms with Crippen LogP contribution in [0.2, 0.25) is 0 Å². The van der Waals surface area contributed by atoms with Crippen LogP contribution in [0.4, 0.5) is 5.13 Å². The zero-order valence-electron chi connectivity index (χ0n) is 13.2. The van der Waals surface area contributed by atoms with Gasteiger partial charge in [0, 0.05) is 12.8 Å². The third kappa shape index (κ3) is 3.27. The second kappa shape index (κ2) is 6.45. The van der Waals surface area contributed by atoms with Crippen LogP contribution in [0, 0.1) is 0 Å². The minimum atomic E-state index is -0.258. The van der Waals surface area contributed by atoms with Crippen molar-refractivity contribution < 1.29 is 4.79 Å². The number of fused-ring (bicyclic) bond motifs is 2. The van der Waals surface area contributed by atoms with E-state index in [1.165, 1.54) is 11.3 Å². The number of carbonyl (C=O) groups is 1. The third-order valence-corrected chi connectivity index (χ3v) is 4.75. The lowest BCUT2D eigenvalue weighted by Crippen LogP contribution is -2.18. The van der Waals surface area contributed by atoms with Gasteiger partial charge in [-0.25, -0.2) is 9.97 Å². The van der Waals surface area contributed by atoms with Gasteiger partial charge in [0.1, 0.15) is 5.69 Å². The number of nitrogens with one attached hydrogen (secondary N) is 2. The molecule has 0 spiro atoms. The summed E-state index contributed by atoms with van der Waals surface area (Å²) in [6, 6.07) is 15.0. The second-order valence-electron chi connectivity index (χ2n) is 5.56. The Balaban J connectivity index is 1.46. The summed E-state index contributed by atoms with van der Waals surface area (Å²) in [5, 5.41) is 3.35. The normalized spacial score (nSPS) is 11.0. The molecule has 4 aromatic rings. The van der Waals surface area contributed by atoms with Crippen LogP contribution in [0.5, 0.6) is 0 Å². The van der Waals surface area contributed by atoms with Gasteiger partial charge in [-0.3, -0.25) is 9.59 Å². The maximum Gasteiger partial charge on any atom is 0.270 e. The van der Waals surface area contributed by atoms with Crippen molar-refractivity contribution in [1.29, 1.82) is 0 Å². The first-order valence-electron chi connectivity index (χ1n) is 7.82. The van der Waals surface area contributed by atoms with Gasteiger partial charge >= 0.3 is 0 Å². The van der Waals surface area contributed by atoms with Crippen molar-refractivity contribution in [3.8, 4) is 0 Å². The Labute approximate surface area is 146 Å². The van der Waals surface area contributed by atoms with Gasteiger partial charge in [0.05, 0.1) is 21.3 Å². The summed E-state index contributed by atoms with van der Waals surface area (Å²) < 4.78 is 1.02. The maximum atomic E-state index is 12.2. The number of thiazole rings is 1. The molecule has 2 heterocycles. The molecular weight excluding hydrogens is 336 g/mol. The Hall–Kier alpha value is -3.06.